The summed E-state index contributed by atoms with van der Waals surface area (Å²) in [5.41, 5.74) is 5.73. The van der Waals surface area contributed by atoms with Crippen molar-refractivity contribution < 1.29 is 4.39 Å². The maximum absolute atomic E-state index is 13.4. The molecule has 0 N–H and O–H groups in total. The van der Waals surface area contributed by atoms with Crippen molar-refractivity contribution in [3.63, 3.8) is 0 Å². The van der Waals surface area contributed by atoms with E-state index in [-0.39, 0.29) is 11.1 Å². The Balaban J connectivity index is 2.18. The third kappa shape index (κ3) is 1.31. The molecule has 0 radical (unpaired) electrons. The molecule has 1 aromatic heterocycles. The highest BCUT2D eigenvalue weighted by Crippen LogP contribution is 2.50. The van der Waals surface area contributed by atoms with Crippen LogP contribution in [0.4, 0.5) is 4.39 Å². The first-order valence-electron chi connectivity index (χ1n) is 6.23. The summed E-state index contributed by atoms with van der Waals surface area (Å²) in [6.07, 6.45) is 0. The van der Waals surface area contributed by atoms with Gasteiger partial charge in [-0.1, -0.05) is 24.3 Å². The molecule has 3 aromatic rings. The Morgan fingerprint density at radius 3 is 2.79 bits per heavy atom. The molecular weight excluding hydrogens is 257 g/mol. The first-order valence-corrected chi connectivity index (χ1v) is 6.75. The number of hydrogen-bond donors (Lipinski definition) is 1. The molecule has 2 aromatic carbocycles. The summed E-state index contributed by atoms with van der Waals surface area (Å²) in [6.45, 7) is 0. The summed E-state index contributed by atoms with van der Waals surface area (Å²) < 4.78 is 15.5. The van der Waals surface area contributed by atoms with Gasteiger partial charge in [-0.2, -0.15) is 12.6 Å². The molecule has 0 aliphatic heterocycles. The Kier molecular flexibility index (Phi) is 2.13. The average Bonchev–Trinajstić information content (AvgIpc) is 2.87. The lowest BCUT2D eigenvalue weighted by molar-refractivity contribution is 0.629. The number of hydrogen-bond acceptors (Lipinski definition) is 1. The van der Waals surface area contributed by atoms with Gasteiger partial charge in [0.2, 0.25) is 0 Å². The Morgan fingerprint density at radius 1 is 1.16 bits per heavy atom. The molecule has 1 unspecified atom stereocenters. The van der Waals surface area contributed by atoms with Crippen molar-refractivity contribution in [3.8, 4) is 11.3 Å². The standard InChI is InChI=1S/C16H12FNS/c1-18-13-8-9(17)6-7-12(13)14-15(18)10-4-2-3-5-11(10)16(14)19/h2-8,16,19H,1H3. The zero-order chi connectivity index (χ0) is 13.1. The van der Waals surface area contributed by atoms with Gasteiger partial charge in [0.05, 0.1) is 16.5 Å². The summed E-state index contributed by atoms with van der Waals surface area (Å²) in [7, 11) is 1.99. The van der Waals surface area contributed by atoms with Crippen LogP contribution in [0.3, 0.4) is 0 Å². The van der Waals surface area contributed by atoms with Crippen molar-refractivity contribution >= 4 is 23.5 Å². The quantitative estimate of drug-likeness (QED) is 0.580. The van der Waals surface area contributed by atoms with Crippen LogP contribution in [0.5, 0.6) is 0 Å². The van der Waals surface area contributed by atoms with Crippen LogP contribution in [0.25, 0.3) is 22.2 Å². The van der Waals surface area contributed by atoms with Crippen LogP contribution in [0.2, 0.25) is 0 Å². The highest BCUT2D eigenvalue weighted by molar-refractivity contribution is 7.80. The highest BCUT2D eigenvalue weighted by Gasteiger charge is 2.31. The molecule has 0 spiro atoms. The maximum Gasteiger partial charge on any atom is 0.125 e. The zero-order valence-corrected chi connectivity index (χ0v) is 11.3. The molecule has 19 heavy (non-hydrogen) atoms. The molecule has 1 atom stereocenters. The second-order valence-corrected chi connectivity index (χ2v) is 5.49. The molecular formula is C16H12FNS. The van der Waals surface area contributed by atoms with Crippen molar-refractivity contribution in [3.05, 3.63) is 59.4 Å². The van der Waals surface area contributed by atoms with E-state index in [1.54, 1.807) is 6.07 Å². The van der Waals surface area contributed by atoms with Crippen molar-refractivity contribution in [2.75, 3.05) is 0 Å². The van der Waals surface area contributed by atoms with Gasteiger partial charge in [-0.15, -0.1) is 0 Å². The summed E-state index contributed by atoms with van der Waals surface area (Å²) >= 11 is 4.76. The van der Waals surface area contributed by atoms with Crippen LogP contribution < -0.4 is 0 Å². The number of benzene rings is 2. The molecule has 0 fully saturated rings. The second kappa shape index (κ2) is 3.64. The number of aromatic nitrogens is 1. The van der Waals surface area contributed by atoms with E-state index in [2.05, 4.69) is 16.7 Å². The van der Waals surface area contributed by atoms with Gasteiger partial charge in [-0.25, -0.2) is 4.39 Å². The van der Waals surface area contributed by atoms with Gasteiger partial charge in [0, 0.05) is 23.6 Å². The second-order valence-electron chi connectivity index (χ2n) is 4.97. The zero-order valence-electron chi connectivity index (χ0n) is 10.4. The van der Waals surface area contributed by atoms with Crippen LogP contribution in [0.1, 0.15) is 16.4 Å². The fourth-order valence-corrected chi connectivity index (χ4v) is 3.63. The average molecular weight is 269 g/mol. The third-order valence-corrected chi connectivity index (χ3v) is 4.52. The summed E-state index contributed by atoms with van der Waals surface area (Å²) in [5.74, 6) is -0.198. The predicted molar refractivity (Wildman–Crippen MR) is 79.1 cm³/mol. The number of fused-ring (bicyclic) bond motifs is 5. The molecule has 3 heteroatoms. The summed E-state index contributed by atoms with van der Waals surface area (Å²) in [6, 6.07) is 13.3. The minimum absolute atomic E-state index is 0.0698. The maximum atomic E-state index is 13.4. The molecule has 1 nitrogen and oxygen atoms in total. The van der Waals surface area contributed by atoms with Crippen LogP contribution in [0.15, 0.2) is 42.5 Å². The van der Waals surface area contributed by atoms with Gasteiger partial charge in [0.1, 0.15) is 5.82 Å². The predicted octanol–water partition coefficient (Wildman–Crippen LogP) is 4.32. The topological polar surface area (TPSA) is 4.93 Å². The van der Waals surface area contributed by atoms with Crippen molar-refractivity contribution in [1.29, 1.82) is 0 Å². The van der Waals surface area contributed by atoms with E-state index < -0.39 is 0 Å². The summed E-state index contributed by atoms with van der Waals surface area (Å²) in [4.78, 5) is 0. The largest absolute Gasteiger partial charge is 0.343 e. The van der Waals surface area contributed by atoms with Gasteiger partial charge in [-0.3, -0.25) is 0 Å². The van der Waals surface area contributed by atoms with Crippen LogP contribution in [-0.4, -0.2) is 4.57 Å². The molecule has 1 aliphatic carbocycles. The fourth-order valence-electron chi connectivity index (χ4n) is 3.15. The number of aryl methyl sites for hydroxylation is 1. The normalized spacial score (nSPS) is 16.7. The Morgan fingerprint density at radius 2 is 1.95 bits per heavy atom. The lowest BCUT2D eigenvalue weighted by Crippen LogP contribution is -1.91. The molecule has 0 bridgehead atoms. The number of thiol groups is 1. The van der Waals surface area contributed by atoms with Gasteiger partial charge in [0.15, 0.2) is 0 Å². The van der Waals surface area contributed by atoms with E-state index in [1.807, 2.05) is 25.2 Å². The van der Waals surface area contributed by atoms with Gasteiger partial charge in [0.25, 0.3) is 0 Å². The Bertz CT molecular complexity index is 819. The van der Waals surface area contributed by atoms with E-state index in [4.69, 9.17) is 12.6 Å². The van der Waals surface area contributed by atoms with Crippen molar-refractivity contribution in [1.82, 2.24) is 4.57 Å². The molecule has 4 rings (SSSR count). The minimum Gasteiger partial charge on any atom is -0.343 e. The number of nitrogens with zero attached hydrogens (tertiary/aromatic N) is 1. The van der Waals surface area contributed by atoms with E-state index in [1.165, 1.54) is 22.8 Å². The fraction of sp³-hybridized carbons (Fsp3) is 0.125. The smallest absolute Gasteiger partial charge is 0.125 e. The molecule has 1 aliphatic rings. The number of rotatable bonds is 0. The first kappa shape index (κ1) is 11.1. The lowest BCUT2D eigenvalue weighted by atomic mass is 10.1. The Hall–Kier alpha value is -1.74. The SMILES string of the molecule is Cn1c2c(c3ccc(F)cc31)C(S)c1ccccc1-2. The van der Waals surface area contributed by atoms with Crippen LogP contribution >= 0.6 is 12.6 Å². The van der Waals surface area contributed by atoms with Gasteiger partial charge < -0.3 is 4.57 Å². The monoisotopic (exact) mass is 269 g/mol. The lowest BCUT2D eigenvalue weighted by Gasteiger charge is -2.07. The third-order valence-electron chi connectivity index (χ3n) is 3.99. The molecule has 0 saturated heterocycles. The first-order chi connectivity index (χ1) is 9.18. The summed E-state index contributed by atoms with van der Waals surface area (Å²) in [5, 5.41) is 1.16. The van der Waals surface area contributed by atoms with Gasteiger partial charge >= 0.3 is 0 Å². The Labute approximate surface area is 116 Å². The van der Waals surface area contributed by atoms with Crippen LogP contribution in [-0.2, 0) is 7.05 Å². The highest BCUT2D eigenvalue weighted by atomic mass is 32.1. The van der Waals surface area contributed by atoms with Crippen molar-refractivity contribution in [2.24, 2.45) is 7.05 Å². The van der Waals surface area contributed by atoms with E-state index in [9.17, 15) is 4.39 Å². The number of halogens is 1. The minimum atomic E-state index is -0.198. The van der Waals surface area contributed by atoms with Gasteiger partial charge in [-0.05, 0) is 23.8 Å². The van der Waals surface area contributed by atoms with Crippen molar-refractivity contribution in [2.45, 2.75) is 5.25 Å². The molecule has 0 amide bonds. The molecule has 94 valence electrons. The van der Waals surface area contributed by atoms with E-state index in [0.29, 0.717) is 0 Å². The van der Waals surface area contributed by atoms with Crippen LogP contribution in [0, 0.1) is 5.82 Å². The molecule has 0 saturated carbocycles. The van der Waals surface area contributed by atoms with E-state index >= 15 is 0 Å². The van der Waals surface area contributed by atoms with E-state index in [0.717, 1.165) is 16.6 Å². The molecule has 1 heterocycles.